The minimum atomic E-state index is -0.836. The molecule has 0 aromatic heterocycles. The van der Waals surface area contributed by atoms with Crippen LogP contribution in [0.15, 0.2) is 40.9 Å². The lowest BCUT2D eigenvalue weighted by atomic mass is 9.99. The number of carboxylic acid groups (broad SMARTS) is 1. The normalized spacial score (nSPS) is 18.0. The molecule has 0 bridgehead atoms. The monoisotopic (exact) mass is 376 g/mol. The van der Waals surface area contributed by atoms with E-state index in [-0.39, 0.29) is 12.6 Å². The molecule has 2 amide bonds. The van der Waals surface area contributed by atoms with Crippen molar-refractivity contribution in [1.82, 2.24) is 4.90 Å². The van der Waals surface area contributed by atoms with Crippen LogP contribution in [0.5, 0.6) is 0 Å². The molecule has 1 aliphatic rings. The van der Waals surface area contributed by atoms with E-state index in [4.69, 9.17) is 5.11 Å². The van der Waals surface area contributed by atoms with Crippen LogP contribution in [0.25, 0.3) is 10.8 Å². The molecule has 120 valence electrons. The number of carbonyl (C=O) groups is 2. The van der Waals surface area contributed by atoms with Crippen molar-refractivity contribution < 1.29 is 14.7 Å². The Morgan fingerprint density at radius 1 is 1.17 bits per heavy atom. The third kappa shape index (κ3) is 3.32. The number of halogens is 1. The maximum atomic E-state index is 12.5. The Bertz CT molecular complexity index is 763. The van der Waals surface area contributed by atoms with Crippen molar-refractivity contribution in [3.63, 3.8) is 0 Å². The number of amides is 2. The van der Waals surface area contributed by atoms with Crippen molar-refractivity contribution in [2.45, 2.75) is 12.8 Å². The molecular formula is C17H17BrN2O3. The molecule has 2 N–H and O–H groups in total. The number of aliphatic carboxylic acids is 1. The van der Waals surface area contributed by atoms with Gasteiger partial charge in [-0.05, 0) is 30.4 Å². The lowest BCUT2D eigenvalue weighted by Crippen LogP contribution is -2.44. The van der Waals surface area contributed by atoms with E-state index in [2.05, 4.69) is 21.2 Å². The van der Waals surface area contributed by atoms with E-state index in [0.29, 0.717) is 19.4 Å². The van der Waals surface area contributed by atoms with E-state index in [1.165, 1.54) is 0 Å². The fraction of sp³-hybridized carbons (Fsp3) is 0.294. The van der Waals surface area contributed by atoms with Crippen molar-refractivity contribution in [3.8, 4) is 0 Å². The number of hydrogen-bond acceptors (Lipinski definition) is 2. The summed E-state index contributed by atoms with van der Waals surface area (Å²) >= 11 is 3.51. The summed E-state index contributed by atoms with van der Waals surface area (Å²) in [4.78, 5) is 25.2. The molecule has 2 aromatic rings. The van der Waals surface area contributed by atoms with E-state index < -0.39 is 11.9 Å². The zero-order valence-corrected chi connectivity index (χ0v) is 14.0. The van der Waals surface area contributed by atoms with E-state index in [1.807, 2.05) is 36.4 Å². The number of anilines is 1. The van der Waals surface area contributed by atoms with Crippen LogP contribution in [0, 0.1) is 5.92 Å². The van der Waals surface area contributed by atoms with Gasteiger partial charge in [-0.25, -0.2) is 4.79 Å². The number of hydrogen-bond donors (Lipinski definition) is 2. The van der Waals surface area contributed by atoms with E-state index >= 15 is 0 Å². The topological polar surface area (TPSA) is 69.6 Å². The second-order valence-electron chi connectivity index (χ2n) is 5.69. The molecule has 1 heterocycles. The Morgan fingerprint density at radius 3 is 2.65 bits per heavy atom. The van der Waals surface area contributed by atoms with Crippen LogP contribution in [-0.2, 0) is 4.79 Å². The molecular weight excluding hydrogens is 360 g/mol. The third-order valence-corrected chi connectivity index (χ3v) is 4.86. The summed E-state index contributed by atoms with van der Waals surface area (Å²) < 4.78 is 0.968. The second kappa shape index (κ2) is 6.58. The van der Waals surface area contributed by atoms with Crippen molar-refractivity contribution >= 4 is 44.4 Å². The van der Waals surface area contributed by atoms with Gasteiger partial charge in [0.25, 0.3) is 0 Å². The second-order valence-corrected chi connectivity index (χ2v) is 6.55. The van der Waals surface area contributed by atoms with Gasteiger partial charge in [0.1, 0.15) is 0 Å². The van der Waals surface area contributed by atoms with Crippen LogP contribution in [0.2, 0.25) is 0 Å². The number of nitrogens with one attached hydrogen (secondary N) is 1. The number of piperidine rings is 1. The Labute approximate surface area is 142 Å². The Balaban J connectivity index is 1.81. The van der Waals surface area contributed by atoms with Gasteiger partial charge in [-0.2, -0.15) is 0 Å². The predicted octanol–water partition coefficient (Wildman–Crippen LogP) is 3.93. The average Bonchev–Trinajstić information content (AvgIpc) is 2.57. The van der Waals surface area contributed by atoms with Gasteiger partial charge in [0, 0.05) is 22.9 Å². The summed E-state index contributed by atoms with van der Waals surface area (Å²) in [6.07, 6.45) is 1.34. The van der Waals surface area contributed by atoms with Gasteiger partial charge >= 0.3 is 12.0 Å². The molecule has 5 nitrogen and oxygen atoms in total. The van der Waals surface area contributed by atoms with Crippen molar-refractivity contribution in [1.29, 1.82) is 0 Å². The lowest BCUT2D eigenvalue weighted by Gasteiger charge is -2.30. The summed E-state index contributed by atoms with van der Waals surface area (Å²) in [7, 11) is 0. The Hall–Kier alpha value is -2.08. The first-order valence-corrected chi connectivity index (χ1v) is 8.31. The fourth-order valence-corrected chi connectivity index (χ4v) is 3.41. The lowest BCUT2D eigenvalue weighted by molar-refractivity contribution is -0.143. The number of rotatable bonds is 2. The molecule has 0 aliphatic carbocycles. The summed E-state index contributed by atoms with van der Waals surface area (Å²) in [5, 5.41) is 14.0. The molecule has 1 saturated heterocycles. The smallest absolute Gasteiger partial charge is 0.321 e. The molecule has 0 spiro atoms. The van der Waals surface area contributed by atoms with E-state index in [9.17, 15) is 9.59 Å². The van der Waals surface area contributed by atoms with Crippen molar-refractivity contribution in [2.24, 2.45) is 5.92 Å². The quantitative estimate of drug-likeness (QED) is 0.833. The maximum Gasteiger partial charge on any atom is 0.321 e. The molecule has 2 aromatic carbocycles. The first-order chi connectivity index (χ1) is 11.1. The number of nitrogens with zero attached hydrogens (tertiary/aromatic N) is 1. The minimum Gasteiger partial charge on any atom is -0.481 e. The number of carboxylic acids is 1. The number of benzene rings is 2. The highest BCUT2D eigenvalue weighted by atomic mass is 79.9. The molecule has 1 atom stereocenters. The molecule has 1 fully saturated rings. The van der Waals surface area contributed by atoms with Gasteiger partial charge < -0.3 is 15.3 Å². The summed E-state index contributed by atoms with van der Waals surface area (Å²) in [5.41, 5.74) is 0.728. The highest BCUT2D eigenvalue weighted by molar-refractivity contribution is 9.10. The number of likely N-dealkylation sites (tertiary alicyclic amines) is 1. The van der Waals surface area contributed by atoms with Crippen molar-refractivity contribution in [2.75, 3.05) is 18.4 Å². The number of urea groups is 1. The zero-order valence-electron chi connectivity index (χ0n) is 12.5. The molecule has 1 aliphatic heterocycles. The van der Waals surface area contributed by atoms with Crippen LogP contribution in [0.4, 0.5) is 10.5 Å². The first kappa shape index (κ1) is 15.8. The van der Waals surface area contributed by atoms with Gasteiger partial charge in [0.2, 0.25) is 0 Å². The minimum absolute atomic E-state index is 0.247. The highest BCUT2D eigenvalue weighted by Gasteiger charge is 2.28. The Morgan fingerprint density at radius 2 is 1.91 bits per heavy atom. The Kier molecular flexibility index (Phi) is 4.52. The van der Waals surface area contributed by atoms with E-state index in [0.717, 1.165) is 20.9 Å². The van der Waals surface area contributed by atoms with Crippen LogP contribution >= 0.6 is 15.9 Å². The van der Waals surface area contributed by atoms with E-state index in [1.54, 1.807) is 4.90 Å². The zero-order chi connectivity index (χ0) is 16.4. The molecule has 1 unspecified atom stereocenters. The summed E-state index contributed by atoms with van der Waals surface area (Å²) in [6.45, 7) is 0.847. The maximum absolute atomic E-state index is 12.5. The van der Waals surface area contributed by atoms with Crippen LogP contribution < -0.4 is 5.32 Å². The van der Waals surface area contributed by atoms with Gasteiger partial charge in [0.05, 0.1) is 11.6 Å². The van der Waals surface area contributed by atoms with Crippen LogP contribution in [0.3, 0.4) is 0 Å². The van der Waals surface area contributed by atoms with Gasteiger partial charge in [-0.1, -0.05) is 40.2 Å². The molecule has 0 radical (unpaired) electrons. The average molecular weight is 377 g/mol. The molecule has 6 heteroatoms. The highest BCUT2D eigenvalue weighted by Crippen LogP contribution is 2.30. The fourth-order valence-electron chi connectivity index (χ4n) is 2.93. The van der Waals surface area contributed by atoms with Crippen molar-refractivity contribution in [3.05, 3.63) is 40.9 Å². The molecule has 23 heavy (non-hydrogen) atoms. The van der Waals surface area contributed by atoms with Crippen LogP contribution in [0.1, 0.15) is 12.8 Å². The molecule has 3 rings (SSSR count). The SMILES string of the molecule is O=C(O)C1CCCN(C(=O)Nc2ccc(Br)c3ccccc23)C1. The van der Waals surface area contributed by atoms with Gasteiger partial charge in [-0.15, -0.1) is 0 Å². The van der Waals surface area contributed by atoms with Crippen LogP contribution in [-0.4, -0.2) is 35.1 Å². The summed E-state index contributed by atoms with van der Waals surface area (Å²) in [6, 6.07) is 11.3. The van der Waals surface area contributed by atoms with Gasteiger partial charge in [0.15, 0.2) is 0 Å². The number of carbonyl (C=O) groups excluding carboxylic acids is 1. The predicted molar refractivity (Wildman–Crippen MR) is 92.6 cm³/mol. The third-order valence-electron chi connectivity index (χ3n) is 4.17. The summed E-state index contributed by atoms with van der Waals surface area (Å²) in [5.74, 6) is -1.31. The first-order valence-electron chi connectivity index (χ1n) is 7.52. The largest absolute Gasteiger partial charge is 0.481 e. The molecule has 0 saturated carbocycles. The standard InChI is InChI=1S/C17H17BrN2O3/c18-14-7-8-15(13-6-2-1-5-12(13)14)19-17(23)20-9-3-4-11(10-20)16(21)22/h1-2,5-8,11H,3-4,9-10H2,(H,19,23)(H,21,22). The number of fused-ring (bicyclic) bond motifs is 1. The van der Waals surface area contributed by atoms with Gasteiger partial charge in [-0.3, -0.25) is 4.79 Å².